The molecule has 1 atom stereocenters. The predicted molar refractivity (Wildman–Crippen MR) is 94.4 cm³/mol. The Labute approximate surface area is 137 Å². The summed E-state index contributed by atoms with van der Waals surface area (Å²) in [5.74, 6) is 0.516. The van der Waals surface area contributed by atoms with Crippen molar-refractivity contribution in [3.8, 4) is 0 Å². The lowest BCUT2D eigenvalue weighted by Crippen LogP contribution is -2.28. The van der Waals surface area contributed by atoms with E-state index >= 15 is 0 Å². The number of carbonyl (C=O) groups is 1. The minimum Gasteiger partial charge on any atom is -0.349 e. The van der Waals surface area contributed by atoms with E-state index in [1.807, 2.05) is 37.3 Å². The monoisotopic (exact) mass is 313 g/mol. The molecule has 116 valence electrons. The lowest BCUT2D eigenvalue weighted by atomic mass is 10.1. The lowest BCUT2D eigenvalue weighted by molar-refractivity contribution is -0.119. The minimum absolute atomic E-state index is 0.0366. The molecule has 0 aliphatic rings. The number of carbonyl (C=O) groups excluding carboxylic acids is 1. The van der Waals surface area contributed by atoms with Gasteiger partial charge in [0.25, 0.3) is 0 Å². The third-order valence-corrected chi connectivity index (χ3v) is 4.97. The van der Waals surface area contributed by atoms with Crippen LogP contribution in [-0.4, -0.2) is 11.7 Å². The number of hydrogen-bond donors (Lipinski definition) is 1. The fourth-order valence-electron chi connectivity index (χ4n) is 2.64. The predicted octanol–water partition coefficient (Wildman–Crippen LogP) is 4.58. The van der Waals surface area contributed by atoms with Gasteiger partial charge in [-0.05, 0) is 44.4 Å². The summed E-state index contributed by atoms with van der Waals surface area (Å²) in [7, 11) is 0. The second-order valence-electron chi connectivity index (χ2n) is 5.72. The van der Waals surface area contributed by atoms with Gasteiger partial charge in [-0.25, -0.2) is 0 Å². The molecule has 0 saturated heterocycles. The van der Waals surface area contributed by atoms with Crippen molar-refractivity contribution < 1.29 is 4.79 Å². The molecule has 0 heterocycles. The van der Waals surface area contributed by atoms with Crippen molar-refractivity contribution in [2.45, 2.75) is 38.6 Å². The Kier molecular flexibility index (Phi) is 5.67. The Morgan fingerprint density at radius 2 is 1.68 bits per heavy atom. The Balaban J connectivity index is 1.94. The Bertz CT molecular complexity index is 629. The van der Waals surface area contributed by atoms with Crippen LogP contribution in [0.4, 0.5) is 0 Å². The quantitative estimate of drug-likeness (QED) is 0.819. The topological polar surface area (TPSA) is 29.1 Å². The lowest BCUT2D eigenvalue weighted by Gasteiger charge is -2.15. The molecule has 0 aromatic heterocycles. The maximum atomic E-state index is 12.2. The standard InChI is InChI=1S/C19H23NOS/c1-13-10-14(2)19(15(3)11-13)22-12-18(21)20-16(4)17-8-6-5-7-9-17/h5-11,16H,12H2,1-4H3,(H,20,21). The normalized spacial score (nSPS) is 12.0. The van der Waals surface area contributed by atoms with Crippen LogP contribution in [0.1, 0.15) is 35.2 Å². The van der Waals surface area contributed by atoms with Crippen LogP contribution < -0.4 is 5.32 Å². The molecule has 0 spiro atoms. The summed E-state index contributed by atoms with van der Waals surface area (Å²) in [6.45, 7) is 8.32. The highest BCUT2D eigenvalue weighted by molar-refractivity contribution is 8.00. The first kappa shape index (κ1) is 16.6. The van der Waals surface area contributed by atoms with Crippen LogP contribution in [0.15, 0.2) is 47.4 Å². The molecule has 1 amide bonds. The van der Waals surface area contributed by atoms with E-state index < -0.39 is 0 Å². The van der Waals surface area contributed by atoms with Gasteiger partial charge in [-0.1, -0.05) is 48.0 Å². The SMILES string of the molecule is Cc1cc(C)c(SCC(=O)NC(C)c2ccccc2)c(C)c1. The maximum Gasteiger partial charge on any atom is 0.230 e. The molecule has 2 aromatic rings. The number of amides is 1. The fourth-order valence-corrected chi connectivity index (χ4v) is 3.57. The number of benzene rings is 2. The molecule has 22 heavy (non-hydrogen) atoms. The Hall–Kier alpha value is -1.74. The van der Waals surface area contributed by atoms with Crippen molar-refractivity contribution in [2.24, 2.45) is 0 Å². The van der Waals surface area contributed by atoms with E-state index in [2.05, 4.69) is 38.2 Å². The molecule has 0 saturated carbocycles. The summed E-state index contributed by atoms with van der Waals surface area (Å²) in [4.78, 5) is 13.4. The van der Waals surface area contributed by atoms with Crippen molar-refractivity contribution in [1.82, 2.24) is 5.32 Å². The van der Waals surface area contributed by atoms with E-state index in [4.69, 9.17) is 0 Å². The smallest absolute Gasteiger partial charge is 0.230 e. The van der Waals surface area contributed by atoms with Crippen LogP contribution in [0.2, 0.25) is 0 Å². The number of rotatable bonds is 5. The Morgan fingerprint density at radius 1 is 1.09 bits per heavy atom. The van der Waals surface area contributed by atoms with Crippen molar-refractivity contribution in [1.29, 1.82) is 0 Å². The maximum absolute atomic E-state index is 12.2. The molecular formula is C19H23NOS. The van der Waals surface area contributed by atoms with Crippen molar-refractivity contribution >= 4 is 17.7 Å². The van der Waals surface area contributed by atoms with E-state index in [1.54, 1.807) is 11.8 Å². The molecule has 2 rings (SSSR count). The summed E-state index contributed by atoms with van der Waals surface area (Å²) in [6.07, 6.45) is 0. The summed E-state index contributed by atoms with van der Waals surface area (Å²) < 4.78 is 0. The van der Waals surface area contributed by atoms with Crippen LogP contribution in [0, 0.1) is 20.8 Å². The Morgan fingerprint density at radius 3 is 2.27 bits per heavy atom. The third kappa shape index (κ3) is 4.38. The number of aryl methyl sites for hydroxylation is 3. The number of hydrogen-bond acceptors (Lipinski definition) is 2. The van der Waals surface area contributed by atoms with Gasteiger partial charge >= 0.3 is 0 Å². The molecule has 0 fully saturated rings. The van der Waals surface area contributed by atoms with E-state index in [9.17, 15) is 4.79 Å². The van der Waals surface area contributed by atoms with E-state index in [-0.39, 0.29) is 11.9 Å². The van der Waals surface area contributed by atoms with Gasteiger partial charge in [0.15, 0.2) is 0 Å². The van der Waals surface area contributed by atoms with Gasteiger partial charge in [-0.3, -0.25) is 4.79 Å². The van der Waals surface area contributed by atoms with Crippen molar-refractivity contribution in [3.63, 3.8) is 0 Å². The molecule has 0 bridgehead atoms. The fraction of sp³-hybridized carbons (Fsp3) is 0.316. The summed E-state index contributed by atoms with van der Waals surface area (Å²) in [6, 6.07) is 14.4. The summed E-state index contributed by atoms with van der Waals surface area (Å²) in [5, 5.41) is 3.06. The largest absolute Gasteiger partial charge is 0.349 e. The van der Waals surface area contributed by atoms with Gasteiger partial charge in [0.2, 0.25) is 5.91 Å². The molecule has 0 aliphatic carbocycles. The van der Waals surface area contributed by atoms with Crippen molar-refractivity contribution in [2.75, 3.05) is 5.75 Å². The number of thioether (sulfide) groups is 1. The van der Waals surface area contributed by atoms with Crippen LogP contribution in [0.3, 0.4) is 0 Å². The van der Waals surface area contributed by atoms with Gasteiger partial charge in [-0.2, -0.15) is 0 Å². The van der Waals surface area contributed by atoms with Gasteiger partial charge in [-0.15, -0.1) is 11.8 Å². The molecular weight excluding hydrogens is 290 g/mol. The highest BCUT2D eigenvalue weighted by Gasteiger charge is 2.11. The van der Waals surface area contributed by atoms with E-state index in [1.165, 1.54) is 21.6 Å². The van der Waals surface area contributed by atoms with E-state index in [0.717, 1.165) is 5.56 Å². The molecule has 0 radical (unpaired) electrons. The van der Waals surface area contributed by atoms with Gasteiger partial charge in [0, 0.05) is 4.90 Å². The van der Waals surface area contributed by atoms with Crippen LogP contribution >= 0.6 is 11.8 Å². The first-order chi connectivity index (χ1) is 10.5. The second-order valence-corrected chi connectivity index (χ2v) is 6.70. The molecule has 1 unspecified atom stereocenters. The molecule has 0 aliphatic heterocycles. The highest BCUT2D eigenvalue weighted by Crippen LogP contribution is 2.27. The van der Waals surface area contributed by atoms with Gasteiger partial charge in [0.1, 0.15) is 0 Å². The number of nitrogens with one attached hydrogen (secondary N) is 1. The molecule has 3 heteroatoms. The summed E-state index contributed by atoms with van der Waals surface area (Å²) in [5.41, 5.74) is 4.88. The molecule has 2 nitrogen and oxygen atoms in total. The first-order valence-electron chi connectivity index (χ1n) is 7.52. The molecule has 1 N–H and O–H groups in total. The molecule has 2 aromatic carbocycles. The average molecular weight is 313 g/mol. The third-order valence-electron chi connectivity index (χ3n) is 3.63. The summed E-state index contributed by atoms with van der Waals surface area (Å²) >= 11 is 1.62. The average Bonchev–Trinajstić information content (AvgIpc) is 2.47. The second kappa shape index (κ2) is 7.50. The van der Waals surface area contributed by atoms with Gasteiger partial charge < -0.3 is 5.32 Å². The van der Waals surface area contributed by atoms with Gasteiger partial charge in [0.05, 0.1) is 11.8 Å². The van der Waals surface area contributed by atoms with Crippen LogP contribution in [0.5, 0.6) is 0 Å². The van der Waals surface area contributed by atoms with Crippen molar-refractivity contribution in [3.05, 3.63) is 64.7 Å². The minimum atomic E-state index is 0.0366. The van der Waals surface area contributed by atoms with Crippen LogP contribution in [-0.2, 0) is 4.79 Å². The zero-order valence-electron chi connectivity index (χ0n) is 13.6. The van der Waals surface area contributed by atoms with Crippen LogP contribution in [0.25, 0.3) is 0 Å². The highest BCUT2D eigenvalue weighted by atomic mass is 32.2. The first-order valence-corrected chi connectivity index (χ1v) is 8.51. The zero-order chi connectivity index (χ0) is 16.1. The zero-order valence-corrected chi connectivity index (χ0v) is 14.5. The van der Waals surface area contributed by atoms with E-state index in [0.29, 0.717) is 5.75 Å².